The SMILES string of the molecule is CCC=CCCOc1cccc2c(OC)c(OC(=O)c3ccccc3)c(=O)oc12. The summed E-state index contributed by atoms with van der Waals surface area (Å²) in [4.78, 5) is 24.9. The molecule has 0 aliphatic rings. The second-order valence-corrected chi connectivity index (χ2v) is 6.16. The van der Waals surface area contributed by atoms with Crippen LogP contribution in [0.2, 0.25) is 0 Å². The van der Waals surface area contributed by atoms with Crippen LogP contribution in [0.5, 0.6) is 17.2 Å². The smallest absolute Gasteiger partial charge is 0.383 e. The average Bonchev–Trinajstić information content (AvgIpc) is 2.75. The molecule has 0 aliphatic heterocycles. The highest BCUT2D eigenvalue weighted by atomic mass is 16.6. The van der Waals surface area contributed by atoms with Crippen molar-refractivity contribution in [2.45, 2.75) is 19.8 Å². The van der Waals surface area contributed by atoms with E-state index in [1.54, 1.807) is 48.5 Å². The summed E-state index contributed by atoms with van der Waals surface area (Å²) < 4.78 is 21.9. The standard InChI is InChI=1S/C23H22O6/c1-3-4-5-9-15-27-18-14-10-13-17-19(18)28-23(25)21(20(17)26-2)29-22(24)16-11-7-6-8-12-16/h4-8,10-14H,3,9,15H2,1-2H3. The Morgan fingerprint density at radius 2 is 1.83 bits per heavy atom. The van der Waals surface area contributed by atoms with Crippen LogP contribution in [-0.4, -0.2) is 19.7 Å². The van der Waals surface area contributed by atoms with Crippen LogP contribution >= 0.6 is 0 Å². The average molecular weight is 394 g/mol. The van der Waals surface area contributed by atoms with Gasteiger partial charge in [0.2, 0.25) is 0 Å². The van der Waals surface area contributed by atoms with Crippen LogP contribution < -0.4 is 19.8 Å². The quantitative estimate of drug-likeness (QED) is 0.237. The maximum Gasteiger partial charge on any atom is 0.383 e. The first-order chi connectivity index (χ1) is 14.2. The number of hydrogen-bond acceptors (Lipinski definition) is 6. The van der Waals surface area contributed by atoms with Gasteiger partial charge >= 0.3 is 11.6 Å². The van der Waals surface area contributed by atoms with Crippen molar-refractivity contribution in [3.63, 3.8) is 0 Å². The van der Waals surface area contributed by atoms with Gasteiger partial charge in [0, 0.05) is 0 Å². The van der Waals surface area contributed by atoms with Crippen LogP contribution in [0.1, 0.15) is 30.1 Å². The highest BCUT2D eigenvalue weighted by molar-refractivity contribution is 5.94. The topological polar surface area (TPSA) is 75.0 Å². The molecule has 1 aromatic heterocycles. The first kappa shape index (κ1) is 20.2. The Hall–Kier alpha value is -3.54. The third kappa shape index (κ3) is 4.66. The summed E-state index contributed by atoms with van der Waals surface area (Å²) in [7, 11) is 1.40. The number of esters is 1. The molecule has 150 valence electrons. The number of benzene rings is 2. The van der Waals surface area contributed by atoms with Gasteiger partial charge in [0.05, 0.1) is 24.7 Å². The largest absolute Gasteiger partial charge is 0.492 e. The van der Waals surface area contributed by atoms with E-state index in [-0.39, 0.29) is 17.1 Å². The van der Waals surface area contributed by atoms with Crippen molar-refractivity contribution >= 4 is 16.9 Å². The molecule has 3 rings (SSSR count). The van der Waals surface area contributed by atoms with E-state index in [0.29, 0.717) is 23.3 Å². The molecule has 29 heavy (non-hydrogen) atoms. The van der Waals surface area contributed by atoms with E-state index >= 15 is 0 Å². The predicted molar refractivity (Wildman–Crippen MR) is 110 cm³/mol. The summed E-state index contributed by atoms with van der Waals surface area (Å²) in [6.45, 7) is 2.50. The number of fused-ring (bicyclic) bond motifs is 1. The lowest BCUT2D eigenvalue weighted by molar-refractivity contribution is 0.0723. The molecule has 3 aromatic rings. The number of ether oxygens (including phenoxy) is 3. The monoisotopic (exact) mass is 394 g/mol. The summed E-state index contributed by atoms with van der Waals surface area (Å²) in [5, 5.41) is 0.476. The maximum atomic E-state index is 12.6. The highest BCUT2D eigenvalue weighted by Gasteiger charge is 2.22. The van der Waals surface area contributed by atoms with E-state index in [0.717, 1.165) is 12.8 Å². The summed E-state index contributed by atoms with van der Waals surface area (Å²) in [6.07, 6.45) is 5.79. The van der Waals surface area contributed by atoms with Gasteiger partial charge in [-0.05, 0) is 37.1 Å². The molecule has 0 aliphatic carbocycles. The fourth-order valence-corrected chi connectivity index (χ4v) is 2.81. The van der Waals surface area contributed by atoms with Crippen molar-refractivity contribution in [2.75, 3.05) is 13.7 Å². The molecule has 0 radical (unpaired) electrons. The summed E-state index contributed by atoms with van der Waals surface area (Å²) >= 11 is 0. The molecule has 0 fully saturated rings. The fourth-order valence-electron chi connectivity index (χ4n) is 2.81. The van der Waals surface area contributed by atoms with Crippen molar-refractivity contribution in [3.05, 3.63) is 76.7 Å². The van der Waals surface area contributed by atoms with E-state index in [9.17, 15) is 9.59 Å². The van der Waals surface area contributed by atoms with E-state index in [1.807, 2.05) is 6.08 Å². The van der Waals surface area contributed by atoms with E-state index in [2.05, 4.69) is 13.0 Å². The van der Waals surface area contributed by atoms with E-state index in [4.69, 9.17) is 18.6 Å². The van der Waals surface area contributed by atoms with Gasteiger partial charge in [-0.1, -0.05) is 43.3 Å². The molecule has 0 saturated heterocycles. The van der Waals surface area contributed by atoms with Gasteiger partial charge in [0.1, 0.15) is 0 Å². The number of allylic oxidation sites excluding steroid dienone is 1. The molecule has 0 N–H and O–H groups in total. The lowest BCUT2D eigenvalue weighted by atomic mass is 10.2. The Morgan fingerprint density at radius 3 is 2.55 bits per heavy atom. The third-order valence-electron chi connectivity index (χ3n) is 4.16. The number of hydrogen-bond donors (Lipinski definition) is 0. The van der Waals surface area contributed by atoms with Crippen LogP contribution in [0.25, 0.3) is 11.0 Å². The molecule has 0 bridgehead atoms. The lowest BCUT2D eigenvalue weighted by Gasteiger charge is -2.12. The van der Waals surface area contributed by atoms with Gasteiger partial charge in [-0.25, -0.2) is 9.59 Å². The Morgan fingerprint density at radius 1 is 1.03 bits per heavy atom. The van der Waals surface area contributed by atoms with Crippen LogP contribution in [0, 0.1) is 0 Å². The second-order valence-electron chi connectivity index (χ2n) is 6.16. The molecule has 6 heteroatoms. The van der Waals surface area contributed by atoms with Crippen LogP contribution in [0.15, 0.2) is 69.9 Å². The van der Waals surface area contributed by atoms with Crippen molar-refractivity contribution in [3.8, 4) is 17.2 Å². The molecule has 0 saturated carbocycles. The summed E-state index contributed by atoms with van der Waals surface area (Å²) in [5.74, 6) is -0.428. The van der Waals surface area contributed by atoms with Crippen LogP contribution in [-0.2, 0) is 0 Å². The molecule has 6 nitrogen and oxygen atoms in total. The van der Waals surface area contributed by atoms with Crippen molar-refractivity contribution in [1.29, 1.82) is 0 Å². The minimum atomic E-state index is -0.819. The third-order valence-corrected chi connectivity index (χ3v) is 4.16. The summed E-state index contributed by atoms with van der Waals surface area (Å²) in [5.41, 5.74) is -0.264. The van der Waals surface area contributed by atoms with Gasteiger partial charge < -0.3 is 18.6 Å². The zero-order valence-electron chi connectivity index (χ0n) is 16.3. The first-order valence-electron chi connectivity index (χ1n) is 9.34. The van der Waals surface area contributed by atoms with Gasteiger partial charge in [-0.3, -0.25) is 0 Å². The van der Waals surface area contributed by atoms with Crippen molar-refractivity contribution in [1.82, 2.24) is 0 Å². The number of carbonyl (C=O) groups excluding carboxylic acids is 1. The van der Waals surface area contributed by atoms with E-state index < -0.39 is 11.6 Å². The number of rotatable bonds is 8. The Kier molecular flexibility index (Phi) is 6.68. The van der Waals surface area contributed by atoms with Crippen molar-refractivity contribution < 1.29 is 23.4 Å². The van der Waals surface area contributed by atoms with Gasteiger partial charge in [0.15, 0.2) is 17.1 Å². The number of para-hydroxylation sites is 1. The first-order valence-corrected chi connectivity index (χ1v) is 9.34. The maximum absolute atomic E-state index is 12.6. The molecule has 1 heterocycles. The Labute approximate surface area is 168 Å². The molecule has 2 aromatic carbocycles. The predicted octanol–water partition coefficient (Wildman–Crippen LogP) is 4.76. The normalized spacial score (nSPS) is 11.0. The van der Waals surface area contributed by atoms with Crippen LogP contribution in [0.3, 0.4) is 0 Å². The minimum Gasteiger partial charge on any atom is -0.492 e. The number of carbonyl (C=O) groups is 1. The van der Waals surface area contributed by atoms with Gasteiger partial charge in [-0.15, -0.1) is 0 Å². The molecule has 0 spiro atoms. The zero-order valence-corrected chi connectivity index (χ0v) is 16.3. The second kappa shape index (κ2) is 9.59. The van der Waals surface area contributed by atoms with Gasteiger partial charge in [0.25, 0.3) is 5.75 Å². The highest BCUT2D eigenvalue weighted by Crippen LogP contribution is 2.36. The molecule has 0 atom stereocenters. The minimum absolute atomic E-state index is 0.122. The summed E-state index contributed by atoms with van der Waals surface area (Å²) in [6, 6.07) is 13.6. The van der Waals surface area contributed by atoms with E-state index in [1.165, 1.54) is 7.11 Å². The Balaban J connectivity index is 1.94. The lowest BCUT2D eigenvalue weighted by Crippen LogP contribution is -2.15. The van der Waals surface area contributed by atoms with Crippen LogP contribution in [0.4, 0.5) is 0 Å². The molecular formula is C23H22O6. The zero-order chi connectivity index (χ0) is 20.6. The molecule has 0 unspecified atom stereocenters. The molecular weight excluding hydrogens is 372 g/mol. The Bertz CT molecular complexity index is 1070. The van der Waals surface area contributed by atoms with Gasteiger partial charge in [-0.2, -0.15) is 0 Å². The number of methoxy groups -OCH3 is 1. The van der Waals surface area contributed by atoms with Crippen molar-refractivity contribution in [2.24, 2.45) is 0 Å². The molecule has 0 amide bonds. The fraction of sp³-hybridized carbons (Fsp3) is 0.217.